The molecule has 2 aliphatic rings. The smallest absolute Gasteiger partial charge is 0.318 e. The summed E-state index contributed by atoms with van der Waals surface area (Å²) in [6.45, 7) is 2.17. The maximum Gasteiger partial charge on any atom is 0.318 e. The monoisotopic (exact) mass is 334 g/mol. The lowest BCUT2D eigenvalue weighted by atomic mass is 10.0. The predicted molar refractivity (Wildman–Crippen MR) is 90.6 cm³/mol. The fourth-order valence-corrected chi connectivity index (χ4v) is 3.52. The van der Waals surface area contributed by atoms with Gasteiger partial charge in [-0.1, -0.05) is 6.07 Å². The van der Waals surface area contributed by atoms with Crippen molar-refractivity contribution in [1.82, 2.24) is 10.2 Å². The van der Waals surface area contributed by atoms with Crippen LogP contribution >= 0.6 is 0 Å². The minimum atomic E-state index is -0.0113. The number of nitrogens with zero attached hydrogens (tertiary/aromatic N) is 1. The third kappa shape index (κ3) is 3.59. The summed E-state index contributed by atoms with van der Waals surface area (Å²) in [5.41, 5.74) is 1.08. The number of methoxy groups -OCH3 is 2. The third-order valence-electron chi connectivity index (χ3n) is 4.81. The van der Waals surface area contributed by atoms with E-state index in [1.165, 1.54) is 0 Å². The average Bonchev–Trinajstić information content (AvgIpc) is 3.30. The van der Waals surface area contributed by atoms with Gasteiger partial charge in [-0.15, -0.1) is 0 Å². The van der Waals surface area contributed by atoms with Gasteiger partial charge in [0.15, 0.2) is 11.5 Å². The summed E-state index contributed by atoms with van der Waals surface area (Å²) >= 11 is 0. The zero-order valence-electron chi connectivity index (χ0n) is 14.4. The Morgan fingerprint density at radius 2 is 2.08 bits per heavy atom. The van der Waals surface area contributed by atoms with Crippen molar-refractivity contribution < 1.29 is 19.0 Å². The van der Waals surface area contributed by atoms with Gasteiger partial charge in [0.05, 0.1) is 26.4 Å². The molecular weight excluding hydrogens is 308 g/mol. The number of carbonyl (C=O) groups excluding carboxylic acids is 1. The first-order valence-corrected chi connectivity index (χ1v) is 8.61. The Labute approximate surface area is 143 Å². The van der Waals surface area contributed by atoms with E-state index >= 15 is 0 Å². The van der Waals surface area contributed by atoms with Crippen LogP contribution in [0.2, 0.25) is 0 Å². The molecule has 1 N–H and O–H groups in total. The van der Waals surface area contributed by atoms with E-state index in [4.69, 9.17) is 14.2 Å². The highest BCUT2D eigenvalue weighted by molar-refractivity contribution is 5.75. The van der Waals surface area contributed by atoms with E-state index in [2.05, 4.69) is 5.32 Å². The van der Waals surface area contributed by atoms with Crippen LogP contribution in [0.15, 0.2) is 18.2 Å². The fraction of sp³-hybridized carbons (Fsp3) is 0.611. The van der Waals surface area contributed by atoms with Gasteiger partial charge in [-0.05, 0) is 43.4 Å². The summed E-state index contributed by atoms with van der Waals surface area (Å²) in [6.07, 6.45) is 4.24. The van der Waals surface area contributed by atoms with Crippen LogP contribution < -0.4 is 14.8 Å². The molecule has 0 bridgehead atoms. The maximum atomic E-state index is 12.6. The minimum Gasteiger partial charge on any atom is -0.493 e. The van der Waals surface area contributed by atoms with Crippen LogP contribution in [-0.4, -0.2) is 51.0 Å². The highest BCUT2D eigenvalue weighted by Crippen LogP contribution is 2.36. The van der Waals surface area contributed by atoms with Crippen LogP contribution in [0.25, 0.3) is 0 Å². The van der Waals surface area contributed by atoms with Crippen molar-refractivity contribution in [3.05, 3.63) is 23.8 Å². The van der Waals surface area contributed by atoms with Gasteiger partial charge in [0.2, 0.25) is 0 Å². The van der Waals surface area contributed by atoms with Gasteiger partial charge in [-0.3, -0.25) is 0 Å². The molecule has 1 aromatic rings. The van der Waals surface area contributed by atoms with Crippen molar-refractivity contribution in [2.75, 3.05) is 33.9 Å². The highest BCUT2D eigenvalue weighted by atomic mass is 16.5. The number of benzene rings is 1. The SMILES string of the molecule is COc1ccc([C@@H]2CCCN2C(=O)NC[C@@H]2CCCO2)cc1OC. The molecular formula is C18H26N2O4. The van der Waals surface area contributed by atoms with Crippen molar-refractivity contribution >= 4 is 6.03 Å². The van der Waals surface area contributed by atoms with E-state index in [9.17, 15) is 4.79 Å². The predicted octanol–water partition coefficient (Wildman–Crippen LogP) is 2.73. The number of urea groups is 1. The molecule has 3 rings (SSSR count). The Bertz CT molecular complexity index is 572. The summed E-state index contributed by atoms with van der Waals surface area (Å²) in [4.78, 5) is 14.5. The molecule has 0 aromatic heterocycles. The van der Waals surface area contributed by atoms with Crippen LogP contribution in [0.1, 0.15) is 37.3 Å². The van der Waals surface area contributed by atoms with E-state index in [1.807, 2.05) is 23.1 Å². The lowest BCUT2D eigenvalue weighted by Gasteiger charge is -2.26. The standard InChI is InChI=1S/C18H26N2O4/c1-22-16-8-7-13(11-17(16)23-2)15-6-3-9-20(15)18(21)19-12-14-5-4-10-24-14/h7-8,11,14-15H,3-6,9-10,12H2,1-2H3,(H,19,21)/t14-,15-/m0/s1. The first kappa shape index (κ1) is 16.9. The highest BCUT2D eigenvalue weighted by Gasteiger charge is 2.31. The second-order valence-corrected chi connectivity index (χ2v) is 6.29. The van der Waals surface area contributed by atoms with Gasteiger partial charge in [-0.25, -0.2) is 4.79 Å². The molecule has 0 unspecified atom stereocenters. The first-order valence-electron chi connectivity index (χ1n) is 8.61. The van der Waals surface area contributed by atoms with Crippen LogP contribution in [-0.2, 0) is 4.74 Å². The van der Waals surface area contributed by atoms with Gasteiger partial charge in [0, 0.05) is 19.7 Å². The van der Waals surface area contributed by atoms with Gasteiger partial charge >= 0.3 is 6.03 Å². The molecule has 2 saturated heterocycles. The number of carbonyl (C=O) groups is 1. The molecule has 2 amide bonds. The number of hydrogen-bond donors (Lipinski definition) is 1. The van der Waals surface area contributed by atoms with Crippen LogP contribution in [0.4, 0.5) is 4.79 Å². The molecule has 2 fully saturated rings. The largest absolute Gasteiger partial charge is 0.493 e. The molecule has 0 aliphatic carbocycles. The van der Waals surface area contributed by atoms with Gasteiger partial charge in [0.1, 0.15) is 0 Å². The maximum absolute atomic E-state index is 12.6. The molecule has 6 heteroatoms. The van der Waals surface area contributed by atoms with E-state index in [0.29, 0.717) is 18.0 Å². The second kappa shape index (κ2) is 7.75. The number of likely N-dealkylation sites (tertiary alicyclic amines) is 1. The molecule has 0 saturated carbocycles. The Kier molecular flexibility index (Phi) is 5.45. The lowest BCUT2D eigenvalue weighted by Crippen LogP contribution is -2.42. The first-order chi connectivity index (χ1) is 11.7. The Hall–Kier alpha value is -1.95. The van der Waals surface area contributed by atoms with Crippen molar-refractivity contribution in [2.45, 2.75) is 37.8 Å². The van der Waals surface area contributed by atoms with Gasteiger partial charge < -0.3 is 24.4 Å². The van der Waals surface area contributed by atoms with E-state index in [0.717, 1.165) is 44.4 Å². The number of nitrogens with one attached hydrogen (secondary N) is 1. The Morgan fingerprint density at radius 3 is 2.79 bits per heavy atom. The molecule has 132 valence electrons. The quantitative estimate of drug-likeness (QED) is 0.899. The Balaban J connectivity index is 1.67. The molecule has 24 heavy (non-hydrogen) atoms. The second-order valence-electron chi connectivity index (χ2n) is 6.29. The molecule has 2 atom stereocenters. The summed E-state index contributed by atoms with van der Waals surface area (Å²) in [6, 6.07) is 5.94. The van der Waals surface area contributed by atoms with Crippen LogP contribution in [0.5, 0.6) is 11.5 Å². The molecule has 2 heterocycles. The summed E-state index contributed by atoms with van der Waals surface area (Å²) in [7, 11) is 3.25. The van der Waals surface area contributed by atoms with Crippen molar-refractivity contribution in [2.24, 2.45) is 0 Å². The van der Waals surface area contributed by atoms with E-state index < -0.39 is 0 Å². The van der Waals surface area contributed by atoms with Crippen molar-refractivity contribution in [3.8, 4) is 11.5 Å². The Morgan fingerprint density at radius 1 is 1.25 bits per heavy atom. The minimum absolute atomic E-state index is 0.0113. The molecule has 2 aliphatic heterocycles. The fourth-order valence-electron chi connectivity index (χ4n) is 3.52. The van der Waals surface area contributed by atoms with Gasteiger partial charge in [0.25, 0.3) is 0 Å². The number of ether oxygens (including phenoxy) is 3. The number of amides is 2. The average molecular weight is 334 g/mol. The summed E-state index contributed by atoms with van der Waals surface area (Å²) in [5, 5.41) is 3.02. The lowest BCUT2D eigenvalue weighted by molar-refractivity contribution is 0.108. The zero-order chi connectivity index (χ0) is 16.9. The third-order valence-corrected chi connectivity index (χ3v) is 4.81. The molecule has 0 spiro atoms. The normalized spacial score (nSPS) is 23.3. The number of hydrogen-bond acceptors (Lipinski definition) is 4. The topological polar surface area (TPSA) is 60.0 Å². The van der Waals surface area contributed by atoms with Crippen LogP contribution in [0, 0.1) is 0 Å². The number of rotatable bonds is 5. The van der Waals surface area contributed by atoms with Gasteiger partial charge in [-0.2, -0.15) is 0 Å². The molecule has 6 nitrogen and oxygen atoms in total. The zero-order valence-corrected chi connectivity index (χ0v) is 14.4. The van der Waals surface area contributed by atoms with Crippen LogP contribution in [0.3, 0.4) is 0 Å². The van der Waals surface area contributed by atoms with E-state index in [-0.39, 0.29) is 18.2 Å². The molecule has 1 aromatic carbocycles. The van der Waals surface area contributed by atoms with E-state index in [1.54, 1.807) is 14.2 Å². The summed E-state index contributed by atoms with van der Waals surface area (Å²) < 4.78 is 16.2. The van der Waals surface area contributed by atoms with Crippen molar-refractivity contribution in [3.63, 3.8) is 0 Å². The van der Waals surface area contributed by atoms with Crippen molar-refractivity contribution in [1.29, 1.82) is 0 Å². The summed E-state index contributed by atoms with van der Waals surface area (Å²) in [5.74, 6) is 1.40. The molecule has 0 radical (unpaired) electrons.